The Hall–Kier alpha value is -3.36. The van der Waals surface area contributed by atoms with Gasteiger partial charge in [-0.15, -0.1) is 0 Å². The van der Waals surface area contributed by atoms with Crippen molar-refractivity contribution >= 4 is 23.2 Å². The summed E-state index contributed by atoms with van der Waals surface area (Å²) in [7, 11) is 0. The van der Waals surface area contributed by atoms with Crippen LogP contribution in [0.25, 0.3) is 0 Å². The van der Waals surface area contributed by atoms with Gasteiger partial charge in [0.1, 0.15) is 11.4 Å². The molecule has 1 fully saturated rings. The van der Waals surface area contributed by atoms with Gasteiger partial charge in [0.05, 0.1) is 4.92 Å². The maximum atomic E-state index is 12.4. The minimum absolute atomic E-state index is 0.0496. The number of nitro benzene ring substituents is 1. The number of carbonyl (C=O) groups is 1. The van der Waals surface area contributed by atoms with Crippen molar-refractivity contribution in [3.05, 3.63) is 63.5 Å². The zero-order valence-electron chi connectivity index (χ0n) is 19.9. The molecule has 0 spiro atoms. The van der Waals surface area contributed by atoms with Crippen LogP contribution in [-0.2, 0) is 4.74 Å². The number of halogens is 1. The van der Waals surface area contributed by atoms with E-state index in [9.17, 15) is 19.3 Å². The number of nitrogens with zero attached hydrogens (tertiary/aromatic N) is 2. The Morgan fingerprint density at radius 3 is 2.52 bits per heavy atom. The molecule has 0 saturated carbocycles. The molecule has 1 amide bonds. The first-order chi connectivity index (χ1) is 15.4. The van der Waals surface area contributed by atoms with Crippen LogP contribution in [0.2, 0.25) is 0 Å². The number of nitrogens with two attached hydrogens (primary N) is 1. The van der Waals surface area contributed by atoms with Gasteiger partial charge in [-0.3, -0.25) is 10.1 Å². The number of ether oxygens (including phenoxy) is 1. The Balaban J connectivity index is 0.000000294. The van der Waals surface area contributed by atoms with E-state index in [1.165, 1.54) is 12.6 Å². The van der Waals surface area contributed by atoms with Crippen LogP contribution >= 0.6 is 0 Å². The number of hydrogen-bond donors (Lipinski definition) is 2. The summed E-state index contributed by atoms with van der Waals surface area (Å²) in [5.41, 5.74) is 8.84. The Labute approximate surface area is 194 Å². The lowest BCUT2D eigenvalue weighted by Gasteiger charge is -2.21. The molecule has 2 aromatic rings. The lowest BCUT2D eigenvalue weighted by molar-refractivity contribution is -0.385. The van der Waals surface area contributed by atoms with Crippen molar-refractivity contribution in [3.63, 3.8) is 0 Å². The Morgan fingerprint density at radius 2 is 1.94 bits per heavy atom. The number of hydrogen-bond acceptors (Lipinski definition) is 6. The molecule has 3 rings (SSSR count). The smallest absolute Gasteiger partial charge is 0.407 e. The van der Waals surface area contributed by atoms with Crippen LogP contribution in [0.1, 0.15) is 38.3 Å². The molecular formula is C24H33FN4O4. The number of nitrogen functional groups attached to an aromatic ring is 1. The van der Waals surface area contributed by atoms with Gasteiger partial charge < -0.3 is 20.7 Å². The summed E-state index contributed by atoms with van der Waals surface area (Å²) in [6.45, 7) is 11.7. The lowest BCUT2D eigenvalue weighted by Crippen LogP contribution is -2.36. The predicted octanol–water partition coefficient (Wildman–Crippen LogP) is 4.97. The topological polar surface area (TPSA) is 111 Å². The van der Waals surface area contributed by atoms with Crippen LogP contribution in [0, 0.1) is 35.7 Å². The van der Waals surface area contributed by atoms with Crippen molar-refractivity contribution in [1.82, 2.24) is 5.32 Å². The molecule has 0 bridgehead atoms. The van der Waals surface area contributed by atoms with Crippen molar-refractivity contribution in [2.24, 2.45) is 5.92 Å². The quantitative estimate of drug-likeness (QED) is 0.379. The standard InChI is InChI=1S/C17H27N3O2.C7H6FNO2/c1-12-9-14(5-6-15(12)18)20-8-7-13(11-20)10-19-16(21)22-17(2,3)4;1-5-4-6(8)2-3-7(5)9(10)11/h5-6,9,13H,7-8,10-11,18H2,1-4H3,(H,19,21);2-4H,1H3. The van der Waals surface area contributed by atoms with Gasteiger partial charge in [0.25, 0.3) is 5.69 Å². The molecule has 2 aromatic carbocycles. The first kappa shape index (κ1) is 25.9. The molecular weight excluding hydrogens is 427 g/mol. The summed E-state index contributed by atoms with van der Waals surface area (Å²) in [6.07, 6.45) is 0.730. The minimum atomic E-state index is -0.533. The number of amides is 1. The van der Waals surface area contributed by atoms with Crippen LogP contribution in [0.5, 0.6) is 0 Å². The van der Waals surface area contributed by atoms with E-state index in [-0.39, 0.29) is 11.8 Å². The minimum Gasteiger partial charge on any atom is -0.444 e. The number of aryl methyl sites for hydroxylation is 2. The van der Waals surface area contributed by atoms with Gasteiger partial charge in [-0.2, -0.15) is 0 Å². The number of alkyl carbamates (subject to hydrolysis) is 1. The molecule has 0 aromatic heterocycles. The number of benzene rings is 2. The second-order valence-corrected chi connectivity index (χ2v) is 9.21. The average Bonchev–Trinajstić information content (AvgIpc) is 3.16. The summed E-state index contributed by atoms with van der Waals surface area (Å²) >= 11 is 0. The Kier molecular flexibility index (Phi) is 8.62. The fourth-order valence-corrected chi connectivity index (χ4v) is 3.46. The van der Waals surface area contributed by atoms with Gasteiger partial charge in [0, 0.05) is 42.6 Å². The SMILES string of the molecule is Cc1cc(F)ccc1[N+](=O)[O-].Cc1cc(N2CCC(CNC(=O)OC(C)(C)C)C2)ccc1N. The molecule has 1 unspecified atom stereocenters. The number of rotatable bonds is 4. The van der Waals surface area contributed by atoms with E-state index < -0.39 is 16.3 Å². The van der Waals surface area contributed by atoms with Crippen LogP contribution in [-0.4, -0.2) is 36.3 Å². The number of nitrogens with one attached hydrogen (secondary N) is 1. The fourth-order valence-electron chi connectivity index (χ4n) is 3.46. The highest BCUT2D eigenvalue weighted by molar-refractivity contribution is 5.67. The number of anilines is 2. The molecule has 8 nitrogen and oxygen atoms in total. The summed E-state index contributed by atoms with van der Waals surface area (Å²) < 4.78 is 17.6. The van der Waals surface area contributed by atoms with Crippen LogP contribution in [0.15, 0.2) is 36.4 Å². The van der Waals surface area contributed by atoms with Gasteiger partial charge in [-0.25, -0.2) is 9.18 Å². The third kappa shape index (κ3) is 8.25. The normalized spacial score (nSPS) is 15.5. The second kappa shape index (κ2) is 11.0. The van der Waals surface area contributed by atoms with Gasteiger partial charge in [0.15, 0.2) is 0 Å². The first-order valence-electron chi connectivity index (χ1n) is 10.8. The summed E-state index contributed by atoms with van der Waals surface area (Å²) in [5, 5.41) is 13.1. The summed E-state index contributed by atoms with van der Waals surface area (Å²) in [5.74, 6) is -0.00141. The maximum Gasteiger partial charge on any atom is 0.407 e. The van der Waals surface area contributed by atoms with Crippen molar-refractivity contribution < 1.29 is 18.8 Å². The molecule has 1 aliphatic rings. The average molecular weight is 461 g/mol. The first-order valence-corrected chi connectivity index (χ1v) is 10.8. The Morgan fingerprint density at radius 1 is 1.24 bits per heavy atom. The molecule has 1 atom stereocenters. The van der Waals surface area contributed by atoms with Crippen molar-refractivity contribution in [1.29, 1.82) is 0 Å². The molecule has 180 valence electrons. The number of carbonyl (C=O) groups excluding carboxylic acids is 1. The summed E-state index contributed by atoms with van der Waals surface area (Å²) in [4.78, 5) is 23.7. The van der Waals surface area contributed by atoms with E-state index in [0.717, 1.165) is 49.0 Å². The largest absolute Gasteiger partial charge is 0.444 e. The highest BCUT2D eigenvalue weighted by Gasteiger charge is 2.24. The van der Waals surface area contributed by atoms with Crippen molar-refractivity contribution in [3.8, 4) is 0 Å². The highest BCUT2D eigenvalue weighted by Crippen LogP contribution is 2.26. The van der Waals surface area contributed by atoms with E-state index in [2.05, 4.69) is 22.3 Å². The molecule has 0 aliphatic carbocycles. The van der Waals surface area contributed by atoms with Gasteiger partial charge in [0.2, 0.25) is 0 Å². The maximum absolute atomic E-state index is 12.4. The predicted molar refractivity (Wildman–Crippen MR) is 128 cm³/mol. The second-order valence-electron chi connectivity index (χ2n) is 9.21. The zero-order chi connectivity index (χ0) is 24.8. The van der Waals surface area contributed by atoms with Crippen LogP contribution in [0.4, 0.5) is 26.2 Å². The molecule has 1 aliphatic heterocycles. The van der Waals surface area contributed by atoms with Gasteiger partial charge >= 0.3 is 6.09 Å². The van der Waals surface area contributed by atoms with Crippen LogP contribution in [0.3, 0.4) is 0 Å². The van der Waals surface area contributed by atoms with E-state index in [4.69, 9.17) is 10.5 Å². The Bertz CT molecular complexity index is 991. The van der Waals surface area contributed by atoms with Gasteiger partial charge in [-0.05, 0) is 82.9 Å². The van der Waals surface area contributed by atoms with E-state index in [0.29, 0.717) is 18.0 Å². The van der Waals surface area contributed by atoms with E-state index in [1.54, 1.807) is 0 Å². The molecule has 0 radical (unpaired) electrons. The third-order valence-electron chi connectivity index (χ3n) is 5.19. The van der Waals surface area contributed by atoms with E-state index >= 15 is 0 Å². The molecule has 3 N–H and O–H groups in total. The fraction of sp³-hybridized carbons (Fsp3) is 0.458. The number of nitro groups is 1. The highest BCUT2D eigenvalue weighted by atomic mass is 19.1. The summed E-state index contributed by atoms with van der Waals surface area (Å²) in [6, 6.07) is 9.51. The van der Waals surface area contributed by atoms with Crippen molar-refractivity contribution in [2.75, 3.05) is 30.3 Å². The van der Waals surface area contributed by atoms with E-state index in [1.807, 2.05) is 33.8 Å². The molecule has 1 saturated heterocycles. The van der Waals surface area contributed by atoms with Crippen LogP contribution < -0.4 is 16.0 Å². The van der Waals surface area contributed by atoms with Gasteiger partial charge in [-0.1, -0.05) is 0 Å². The molecule has 1 heterocycles. The van der Waals surface area contributed by atoms with Crippen molar-refractivity contribution in [2.45, 2.75) is 46.6 Å². The zero-order valence-corrected chi connectivity index (χ0v) is 19.9. The molecule has 33 heavy (non-hydrogen) atoms. The lowest BCUT2D eigenvalue weighted by atomic mass is 10.1. The third-order valence-corrected chi connectivity index (χ3v) is 5.19. The molecule has 9 heteroatoms. The monoisotopic (exact) mass is 460 g/mol.